The van der Waals surface area contributed by atoms with E-state index < -0.39 is 15.6 Å². The van der Waals surface area contributed by atoms with Gasteiger partial charge in [0.25, 0.3) is 0 Å². The predicted octanol–water partition coefficient (Wildman–Crippen LogP) is 1.11. The molecule has 2 N–H and O–H groups in total. The number of nitrogens with one attached hydrogen (secondary N) is 1. The van der Waals surface area contributed by atoms with Gasteiger partial charge in [-0.05, 0) is 32.9 Å². The molecule has 0 unspecified atom stereocenters. The van der Waals surface area contributed by atoms with Gasteiger partial charge in [0.1, 0.15) is 4.21 Å². The van der Waals surface area contributed by atoms with Crippen LogP contribution in [0.2, 0.25) is 0 Å². The van der Waals surface area contributed by atoms with Crippen LogP contribution in [-0.2, 0) is 10.0 Å². The van der Waals surface area contributed by atoms with Gasteiger partial charge in [-0.15, -0.1) is 11.3 Å². The summed E-state index contributed by atoms with van der Waals surface area (Å²) in [6.07, 6.45) is 0. The molecule has 0 fully saturated rings. The standard InChI is InChI=1S/C9H15NO3S2/c1-7-4-5-8(14-7)15(12,13)10-6-9(2,3)11/h4-5,10-11H,6H2,1-3H3. The van der Waals surface area contributed by atoms with Gasteiger partial charge in [-0.3, -0.25) is 0 Å². The largest absolute Gasteiger partial charge is 0.389 e. The number of aliphatic hydroxyl groups is 1. The molecule has 0 atom stereocenters. The van der Waals surface area contributed by atoms with E-state index in [9.17, 15) is 13.5 Å². The fraction of sp³-hybridized carbons (Fsp3) is 0.556. The Bertz CT molecular complexity index is 428. The first kappa shape index (κ1) is 12.6. The molecule has 1 heterocycles. The topological polar surface area (TPSA) is 66.4 Å². The van der Waals surface area contributed by atoms with Crippen molar-refractivity contribution in [2.24, 2.45) is 0 Å². The monoisotopic (exact) mass is 249 g/mol. The van der Waals surface area contributed by atoms with E-state index in [0.717, 1.165) is 4.88 Å². The minimum absolute atomic E-state index is 0.00623. The Morgan fingerprint density at radius 3 is 2.47 bits per heavy atom. The van der Waals surface area contributed by atoms with E-state index >= 15 is 0 Å². The molecule has 1 aromatic rings. The van der Waals surface area contributed by atoms with Gasteiger partial charge in [0.2, 0.25) is 10.0 Å². The second-order valence-electron chi connectivity index (χ2n) is 4.00. The van der Waals surface area contributed by atoms with Crippen LogP contribution < -0.4 is 4.72 Å². The van der Waals surface area contributed by atoms with Crippen LogP contribution in [-0.4, -0.2) is 25.7 Å². The van der Waals surface area contributed by atoms with Gasteiger partial charge in [-0.25, -0.2) is 13.1 Å². The van der Waals surface area contributed by atoms with Crippen LogP contribution in [0.25, 0.3) is 0 Å². The number of thiophene rings is 1. The van der Waals surface area contributed by atoms with E-state index in [-0.39, 0.29) is 10.8 Å². The van der Waals surface area contributed by atoms with Crippen LogP contribution in [0.5, 0.6) is 0 Å². The van der Waals surface area contributed by atoms with Crippen LogP contribution >= 0.6 is 11.3 Å². The Hall–Kier alpha value is -0.430. The molecule has 0 spiro atoms. The molecule has 86 valence electrons. The van der Waals surface area contributed by atoms with Crippen molar-refractivity contribution < 1.29 is 13.5 Å². The summed E-state index contributed by atoms with van der Waals surface area (Å²) < 4.78 is 26.0. The molecule has 0 aliphatic heterocycles. The first-order valence-electron chi connectivity index (χ1n) is 4.49. The van der Waals surface area contributed by atoms with E-state index in [1.165, 1.54) is 11.3 Å². The summed E-state index contributed by atoms with van der Waals surface area (Å²) in [5.41, 5.74) is -1.04. The summed E-state index contributed by atoms with van der Waals surface area (Å²) in [7, 11) is -3.46. The third-order valence-corrected chi connectivity index (χ3v) is 4.57. The number of sulfonamides is 1. The maximum absolute atomic E-state index is 11.7. The van der Waals surface area contributed by atoms with Crippen LogP contribution in [0.15, 0.2) is 16.3 Å². The van der Waals surface area contributed by atoms with Crippen LogP contribution in [0.4, 0.5) is 0 Å². The van der Waals surface area contributed by atoms with Gasteiger partial charge in [-0.1, -0.05) is 0 Å². The SMILES string of the molecule is Cc1ccc(S(=O)(=O)NCC(C)(C)O)s1. The average molecular weight is 249 g/mol. The second kappa shape index (κ2) is 4.21. The molecule has 15 heavy (non-hydrogen) atoms. The third kappa shape index (κ3) is 3.90. The summed E-state index contributed by atoms with van der Waals surface area (Å²) in [6, 6.07) is 3.32. The van der Waals surface area contributed by atoms with Crippen molar-refractivity contribution in [3.8, 4) is 0 Å². The number of rotatable bonds is 4. The molecule has 0 bridgehead atoms. The van der Waals surface area contributed by atoms with Gasteiger partial charge in [0.05, 0.1) is 5.60 Å². The van der Waals surface area contributed by atoms with Crippen LogP contribution in [0.1, 0.15) is 18.7 Å². The van der Waals surface area contributed by atoms with E-state index in [1.807, 2.05) is 6.92 Å². The summed E-state index contributed by atoms with van der Waals surface area (Å²) in [6.45, 7) is 4.95. The molecule has 0 amide bonds. The smallest absolute Gasteiger partial charge is 0.250 e. The number of aryl methyl sites for hydroxylation is 1. The van der Waals surface area contributed by atoms with Gasteiger partial charge >= 0.3 is 0 Å². The highest BCUT2D eigenvalue weighted by Gasteiger charge is 2.20. The lowest BCUT2D eigenvalue weighted by Gasteiger charge is -2.17. The fourth-order valence-electron chi connectivity index (χ4n) is 0.899. The van der Waals surface area contributed by atoms with Crippen LogP contribution in [0.3, 0.4) is 0 Å². The molecule has 0 saturated carbocycles. The lowest BCUT2D eigenvalue weighted by molar-refractivity contribution is 0.0857. The summed E-state index contributed by atoms with van der Waals surface area (Å²) in [5, 5.41) is 9.41. The minimum Gasteiger partial charge on any atom is -0.389 e. The predicted molar refractivity (Wildman–Crippen MR) is 60.5 cm³/mol. The van der Waals surface area contributed by atoms with Crippen LogP contribution in [0, 0.1) is 6.92 Å². The zero-order chi connectivity index (χ0) is 11.7. The second-order valence-corrected chi connectivity index (χ2v) is 7.28. The van der Waals surface area contributed by atoms with Crippen molar-refractivity contribution in [1.29, 1.82) is 0 Å². The summed E-state index contributed by atoms with van der Waals surface area (Å²) in [4.78, 5) is 0.943. The van der Waals surface area contributed by atoms with Crippen molar-refractivity contribution in [3.05, 3.63) is 17.0 Å². The Balaban J connectivity index is 2.77. The Kier molecular flexibility index (Phi) is 3.55. The summed E-state index contributed by atoms with van der Waals surface area (Å²) in [5.74, 6) is 0. The first-order chi connectivity index (χ1) is 6.71. The maximum Gasteiger partial charge on any atom is 0.250 e. The average Bonchev–Trinajstić information content (AvgIpc) is 2.48. The van der Waals surface area contributed by atoms with Crippen molar-refractivity contribution >= 4 is 21.4 Å². The fourth-order valence-corrected chi connectivity index (χ4v) is 3.43. The summed E-state index contributed by atoms with van der Waals surface area (Å²) >= 11 is 1.21. The Labute approximate surface area is 94.0 Å². The van der Waals surface area contributed by atoms with E-state index in [0.29, 0.717) is 0 Å². The zero-order valence-corrected chi connectivity index (χ0v) is 10.6. The van der Waals surface area contributed by atoms with Gasteiger partial charge in [0.15, 0.2) is 0 Å². The van der Waals surface area contributed by atoms with Crippen molar-refractivity contribution in [3.63, 3.8) is 0 Å². The lowest BCUT2D eigenvalue weighted by atomic mass is 10.1. The van der Waals surface area contributed by atoms with Gasteiger partial charge < -0.3 is 5.11 Å². The molecule has 0 saturated heterocycles. The molecule has 1 aromatic heterocycles. The minimum atomic E-state index is -3.46. The first-order valence-corrected chi connectivity index (χ1v) is 6.79. The highest BCUT2D eigenvalue weighted by molar-refractivity contribution is 7.91. The third-order valence-electron chi connectivity index (χ3n) is 1.68. The van der Waals surface area contributed by atoms with Crippen molar-refractivity contribution in [2.75, 3.05) is 6.54 Å². The molecule has 1 rings (SSSR count). The van der Waals surface area contributed by atoms with E-state index in [4.69, 9.17) is 0 Å². The quantitative estimate of drug-likeness (QED) is 0.840. The molecular weight excluding hydrogens is 234 g/mol. The van der Waals surface area contributed by atoms with Gasteiger partial charge in [0, 0.05) is 11.4 Å². The van der Waals surface area contributed by atoms with Gasteiger partial charge in [-0.2, -0.15) is 0 Å². The highest BCUT2D eigenvalue weighted by Crippen LogP contribution is 2.20. The number of hydrogen-bond donors (Lipinski definition) is 2. The normalized spacial score (nSPS) is 13.1. The number of hydrogen-bond acceptors (Lipinski definition) is 4. The molecule has 6 heteroatoms. The zero-order valence-electron chi connectivity index (χ0n) is 8.94. The molecule has 0 radical (unpaired) electrons. The molecule has 0 aliphatic rings. The van der Waals surface area contributed by atoms with E-state index in [1.54, 1.807) is 26.0 Å². The highest BCUT2D eigenvalue weighted by atomic mass is 32.2. The molecular formula is C9H15NO3S2. The Morgan fingerprint density at radius 2 is 2.07 bits per heavy atom. The molecule has 0 aromatic carbocycles. The van der Waals surface area contributed by atoms with Crippen molar-refractivity contribution in [1.82, 2.24) is 4.72 Å². The van der Waals surface area contributed by atoms with Crippen molar-refractivity contribution in [2.45, 2.75) is 30.6 Å². The lowest BCUT2D eigenvalue weighted by Crippen LogP contribution is -2.37. The molecule has 0 aliphatic carbocycles. The molecule has 4 nitrogen and oxygen atoms in total. The van der Waals surface area contributed by atoms with E-state index in [2.05, 4.69) is 4.72 Å². The maximum atomic E-state index is 11.7. The Morgan fingerprint density at radius 1 is 1.47 bits per heavy atom.